The van der Waals surface area contributed by atoms with Crippen molar-refractivity contribution in [3.63, 3.8) is 0 Å². The van der Waals surface area contributed by atoms with Crippen molar-refractivity contribution in [3.8, 4) is 0 Å². The van der Waals surface area contributed by atoms with E-state index in [0.717, 1.165) is 12.8 Å². The van der Waals surface area contributed by atoms with Gasteiger partial charge in [0.25, 0.3) is 0 Å². The third kappa shape index (κ3) is 6.23. The van der Waals surface area contributed by atoms with Crippen LogP contribution in [0.2, 0.25) is 0 Å². The topological polar surface area (TPSA) is 58.2 Å². The molecule has 16 heavy (non-hydrogen) atoms. The summed E-state index contributed by atoms with van der Waals surface area (Å²) in [7, 11) is -0.781. The fourth-order valence-corrected chi connectivity index (χ4v) is 2.38. The second-order valence-electron chi connectivity index (χ2n) is 4.36. The molecule has 1 aliphatic rings. The molecule has 1 atom stereocenters. The number of hydrogen-bond acceptors (Lipinski definition) is 3. The van der Waals surface area contributed by atoms with Gasteiger partial charge in [-0.1, -0.05) is 19.3 Å². The SMILES string of the molecule is CS(=O)CCNCC(=O)NC1CCCCC1. The molecule has 4 nitrogen and oxygen atoms in total. The summed E-state index contributed by atoms with van der Waals surface area (Å²) in [4.78, 5) is 11.5. The van der Waals surface area contributed by atoms with E-state index in [1.807, 2.05) is 0 Å². The first kappa shape index (κ1) is 13.6. The van der Waals surface area contributed by atoms with Gasteiger partial charge in [0.05, 0.1) is 6.54 Å². The lowest BCUT2D eigenvalue weighted by Crippen LogP contribution is -2.41. The minimum atomic E-state index is -0.781. The monoisotopic (exact) mass is 246 g/mol. The molecular weight excluding hydrogens is 224 g/mol. The van der Waals surface area contributed by atoms with Crippen LogP contribution in [0.1, 0.15) is 32.1 Å². The molecular formula is C11H22N2O2S. The summed E-state index contributed by atoms with van der Waals surface area (Å²) < 4.78 is 10.8. The molecule has 1 amide bonds. The fraction of sp³-hybridized carbons (Fsp3) is 0.909. The molecule has 1 aliphatic carbocycles. The van der Waals surface area contributed by atoms with Crippen LogP contribution >= 0.6 is 0 Å². The van der Waals surface area contributed by atoms with Gasteiger partial charge in [-0.05, 0) is 12.8 Å². The van der Waals surface area contributed by atoms with Crippen molar-refractivity contribution in [2.24, 2.45) is 0 Å². The molecule has 0 aromatic heterocycles. The molecule has 2 N–H and O–H groups in total. The van der Waals surface area contributed by atoms with Crippen LogP contribution in [0.25, 0.3) is 0 Å². The molecule has 0 spiro atoms. The van der Waals surface area contributed by atoms with E-state index in [0.29, 0.717) is 24.9 Å². The lowest BCUT2D eigenvalue weighted by atomic mass is 9.95. The first-order valence-electron chi connectivity index (χ1n) is 5.98. The zero-order valence-corrected chi connectivity index (χ0v) is 10.8. The second-order valence-corrected chi connectivity index (χ2v) is 5.91. The van der Waals surface area contributed by atoms with Crippen molar-refractivity contribution in [1.29, 1.82) is 0 Å². The van der Waals surface area contributed by atoms with E-state index >= 15 is 0 Å². The van der Waals surface area contributed by atoms with Gasteiger partial charge in [-0.15, -0.1) is 0 Å². The highest BCUT2D eigenvalue weighted by molar-refractivity contribution is 7.84. The molecule has 1 fully saturated rings. The van der Waals surface area contributed by atoms with Crippen LogP contribution in [0, 0.1) is 0 Å². The van der Waals surface area contributed by atoms with Crippen LogP contribution in [-0.2, 0) is 15.6 Å². The quantitative estimate of drug-likeness (QED) is 0.667. The summed E-state index contributed by atoms with van der Waals surface area (Å²) in [5.41, 5.74) is 0. The van der Waals surface area contributed by atoms with E-state index in [2.05, 4.69) is 10.6 Å². The van der Waals surface area contributed by atoms with Gasteiger partial charge >= 0.3 is 0 Å². The van der Waals surface area contributed by atoms with E-state index in [9.17, 15) is 9.00 Å². The van der Waals surface area contributed by atoms with E-state index in [1.54, 1.807) is 6.26 Å². The summed E-state index contributed by atoms with van der Waals surface area (Å²) in [5.74, 6) is 0.672. The molecule has 0 aromatic rings. The maximum atomic E-state index is 11.5. The number of carbonyl (C=O) groups is 1. The highest BCUT2D eigenvalue weighted by atomic mass is 32.2. The molecule has 1 unspecified atom stereocenters. The Kier molecular flexibility index (Phi) is 6.64. The first-order valence-corrected chi connectivity index (χ1v) is 7.71. The Bertz CT molecular complexity index is 240. The van der Waals surface area contributed by atoms with Crippen molar-refractivity contribution in [2.45, 2.75) is 38.1 Å². The van der Waals surface area contributed by atoms with E-state index in [1.165, 1.54) is 19.3 Å². The highest BCUT2D eigenvalue weighted by Gasteiger charge is 2.14. The maximum absolute atomic E-state index is 11.5. The van der Waals surface area contributed by atoms with Gasteiger partial charge in [0.15, 0.2) is 0 Å². The van der Waals surface area contributed by atoms with Gasteiger partial charge in [-0.2, -0.15) is 0 Å². The molecule has 0 aliphatic heterocycles. The van der Waals surface area contributed by atoms with Crippen LogP contribution < -0.4 is 10.6 Å². The van der Waals surface area contributed by atoms with Crippen LogP contribution in [0.4, 0.5) is 0 Å². The van der Waals surface area contributed by atoms with Crippen LogP contribution in [0.3, 0.4) is 0 Å². The standard InChI is InChI=1S/C11H22N2O2S/c1-16(15)8-7-12-9-11(14)13-10-5-3-2-4-6-10/h10,12H,2-9H2,1H3,(H,13,14). The Morgan fingerprint density at radius 2 is 2.00 bits per heavy atom. The molecule has 0 bridgehead atoms. The van der Waals surface area contributed by atoms with Crippen molar-refractivity contribution in [3.05, 3.63) is 0 Å². The van der Waals surface area contributed by atoms with Crippen molar-refractivity contribution in [1.82, 2.24) is 10.6 Å². The average Bonchev–Trinajstić information content (AvgIpc) is 2.25. The number of hydrogen-bond donors (Lipinski definition) is 2. The van der Waals surface area contributed by atoms with E-state index in [-0.39, 0.29) is 5.91 Å². The maximum Gasteiger partial charge on any atom is 0.234 e. The molecule has 0 heterocycles. The summed E-state index contributed by atoms with van der Waals surface area (Å²) in [5, 5.41) is 6.03. The van der Waals surface area contributed by atoms with Gasteiger partial charge in [0.2, 0.25) is 5.91 Å². The Morgan fingerprint density at radius 3 is 2.62 bits per heavy atom. The average molecular weight is 246 g/mol. The summed E-state index contributed by atoms with van der Waals surface area (Å²) in [6.07, 6.45) is 7.66. The van der Waals surface area contributed by atoms with Crippen molar-refractivity contribution in [2.75, 3.05) is 25.1 Å². The largest absolute Gasteiger partial charge is 0.352 e. The molecule has 0 aromatic carbocycles. The van der Waals surface area contributed by atoms with Crippen molar-refractivity contribution < 1.29 is 9.00 Å². The van der Waals surface area contributed by atoms with Gasteiger partial charge in [-0.25, -0.2) is 0 Å². The van der Waals surface area contributed by atoms with Crippen LogP contribution in [-0.4, -0.2) is 41.3 Å². The smallest absolute Gasteiger partial charge is 0.234 e. The van der Waals surface area contributed by atoms with Crippen molar-refractivity contribution >= 4 is 16.7 Å². The summed E-state index contributed by atoms with van der Waals surface area (Å²) in [6.45, 7) is 0.981. The Balaban J connectivity index is 2.03. The van der Waals surface area contributed by atoms with Gasteiger partial charge in [0.1, 0.15) is 0 Å². The minimum Gasteiger partial charge on any atom is -0.352 e. The lowest BCUT2D eigenvalue weighted by Gasteiger charge is -2.22. The van der Waals surface area contributed by atoms with Gasteiger partial charge in [-0.3, -0.25) is 9.00 Å². The summed E-state index contributed by atoms with van der Waals surface area (Å²) >= 11 is 0. The van der Waals surface area contributed by atoms with Crippen LogP contribution in [0.5, 0.6) is 0 Å². The Labute approximate surface area is 100 Å². The second kappa shape index (κ2) is 7.79. The lowest BCUT2D eigenvalue weighted by molar-refractivity contribution is -0.121. The predicted molar refractivity (Wildman–Crippen MR) is 66.8 cm³/mol. The number of nitrogens with one attached hydrogen (secondary N) is 2. The minimum absolute atomic E-state index is 0.0637. The molecule has 94 valence electrons. The molecule has 5 heteroatoms. The zero-order valence-electron chi connectivity index (χ0n) is 9.96. The predicted octanol–water partition coefficient (Wildman–Crippen LogP) is 0.403. The molecule has 1 rings (SSSR count). The molecule has 0 radical (unpaired) electrons. The number of rotatable bonds is 6. The molecule has 1 saturated carbocycles. The number of amides is 1. The fourth-order valence-electron chi connectivity index (χ4n) is 1.94. The third-order valence-electron chi connectivity index (χ3n) is 2.82. The van der Waals surface area contributed by atoms with Gasteiger partial charge in [0, 0.05) is 35.4 Å². The Morgan fingerprint density at radius 1 is 1.31 bits per heavy atom. The zero-order chi connectivity index (χ0) is 11.8. The van der Waals surface area contributed by atoms with E-state index in [4.69, 9.17) is 0 Å². The summed E-state index contributed by atoms with van der Waals surface area (Å²) in [6, 6.07) is 0.378. The van der Waals surface area contributed by atoms with Crippen LogP contribution in [0.15, 0.2) is 0 Å². The molecule has 0 saturated heterocycles. The first-order chi connectivity index (χ1) is 7.68. The number of carbonyl (C=O) groups excluding carboxylic acids is 1. The van der Waals surface area contributed by atoms with Gasteiger partial charge < -0.3 is 10.6 Å². The highest BCUT2D eigenvalue weighted by Crippen LogP contribution is 2.16. The third-order valence-corrected chi connectivity index (χ3v) is 3.60. The Hall–Kier alpha value is -0.420. The normalized spacial score (nSPS) is 19.3. The van der Waals surface area contributed by atoms with E-state index < -0.39 is 10.8 Å².